The molecular formula is C15H19N3O3. The molecule has 0 aliphatic rings. The van der Waals surface area contributed by atoms with Gasteiger partial charge in [0.1, 0.15) is 17.9 Å². The van der Waals surface area contributed by atoms with E-state index in [-0.39, 0.29) is 17.9 Å². The van der Waals surface area contributed by atoms with E-state index in [9.17, 15) is 4.79 Å². The Morgan fingerprint density at radius 1 is 1.38 bits per heavy atom. The number of ether oxygens (including phenoxy) is 1. The lowest BCUT2D eigenvalue weighted by atomic mass is 10.2. The third-order valence-corrected chi connectivity index (χ3v) is 3.19. The molecule has 6 nitrogen and oxygen atoms in total. The molecule has 3 N–H and O–H groups in total. The molecule has 0 spiro atoms. The Kier molecular flexibility index (Phi) is 4.47. The molecule has 6 heteroatoms. The van der Waals surface area contributed by atoms with Gasteiger partial charge in [-0.3, -0.25) is 4.68 Å². The van der Waals surface area contributed by atoms with E-state index in [2.05, 4.69) is 5.10 Å². The predicted molar refractivity (Wildman–Crippen MR) is 79.4 cm³/mol. The van der Waals surface area contributed by atoms with E-state index in [1.54, 1.807) is 6.07 Å². The van der Waals surface area contributed by atoms with E-state index in [0.717, 1.165) is 24.4 Å². The minimum Gasteiger partial charge on any atom is -0.486 e. The number of carboxylic acid groups (broad SMARTS) is 1. The monoisotopic (exact) mass is 289 g/mol. The summed E-state index contributed by atoms with van der Waals surface area (Å²) in [6, 6.07) is 6.48. The molecule has 0 atom stereocenters. The number of aromatic carboxylic acids is 1. The van der Waals surface area contributed by atoms with Gasteiger partial charge in [0.15, 0.2) is 0 Å². The molecule has 0 saturated heterocycles. The van der Waals surface area contributed by atoms with Crippen molar-refractivity contribution < 1.29 is 14.6 Å². The number of nitrogen functional groups attached to an aromatic ring is 1. The van der Waals surface area contributed by atoms with E-state index >= 15 is 0 Å². The molecule has 2 rings (SSSR count). The number of rotatable bonds is 6. The summed E-state index contributed by atoms with van der Waals surface area (Å²) in [6.45, 7) is 5.03. The molecule has 0 amide bonds. The van der Waals surface area contributed by atoms with Crippen LogP contribution in [0.1, 0.15) is 35.6 Å². The summed E-state index contributed by atoms with van der Waals surface area (Å²) in [4.78, 5) is 11.2. The highest BCUT2D eigenvalue weighted by Crippen LogP contribution is 2.23. The van der Waals surface area contributed by atoms with Crippen LogP contribution in [0.15, 0.2) is 24.3 Å². The lowest BCUT2D eigenvalue weighted by molar-refractivity contribution is 0.0691. The van der Waals surface area contributed by atoms with Crippen LogP contribution in [0.2, 0.25) is 0 Å². The third kappa shape index (κ3) is 3.34. The van der Waals surface area contributed by atoms with Gasteiger partial charge >= 0.3 is 5.97 Å². The number of carboxylic acids is 1. The normalized spacial score (nSPS) is 10.6. The first-order valence-corrected chi connectivity index (χ1v) is 6.86. The number of hydrogen-bond acceptors (Lipinski definition) is 4. The second-order valence-electron chi connectivity index (χ2n) is 4.65. The van der Waals surface area contributed by atoms with Gasteiger partial charge < -0.3 is 15.6 Å². The van der Waals surface area contributed by atoms with Crippen LogP contribution >= 0.6 is 0 Å². The van der Waals surface area contributed by atoms with Crippen molar-refractivity contribution in [2.45, 2.75) is 33.4 Å². The number of benzene rings is 1. The number of carbonyl (C=O) groups is 1. The third-order valence-electron chi connectivity index (χ3n) is 3.19. The van der Waals surface area contributed by atoms with Crippen LogP contribution in [-0.2, 0) is 19.6 Å². The van der Waals surface area contributed by atoms with Crippen LogP contribution in [0.4, 0.5) is 5.69 Å². The average Bonchev–Trinajstić information content (AvgIpc) is 2.87. The maximum Gasteiger partial charge on any atom is 0.339 e. The Bertz CT molecular complexity index is 650. The number of aryl methyl sites for hydroxylation is 2. The minimum absolute atomic E-state index is 0.0995. The minimum atomic E-state index is -1.04. The molecule has 0 bridgehead atoms. The number of nitrogens with two attached hydrogens (primary N) is 1. The molecular weight excluding hydrogens is 270 g/mol. The average molecular weight is 289 g/mol. The summed E-state index contributed by atoms with van der Waals surface area (Å²) in [7, 11) is 0. The van der Waals surface area contributed by atoms with Gasteiger partial charge in [-0.2, -0.15) is 5.10 Å². The van der Waals surface area contributed by atoms with Gasteiger partial charge in [-0.25, -0.2) is 4.79 Å². The number of anilines is 1. The Morgan fingerprint density at radius 3 is 2.76 bits per heavy atom. The predicted octanol–water partition coefficient (Wildman–Crippen LogP) is 2.32. The van der Waals surface area contributed by atoms with E-state index in [1.807, 2.05) is 24.6 Å². The molecule has 0 unspecified atom stereocenters. The van der Waals surface area contributed by atoms with Gasteiger partial charge in [0.2, 0.25) is 0 Å². The second-order valence-corrected chi connectivity index (χ2v) is 4.65. The van der Waals surface area contributed by atoms with Crippen LogP contribution in [0.25, 0.3) is 0 Å². The maximum absolute atomic E-state index is 11.2. The molecule has 2 aromatic rings. The Morgan fingerprint density at radius 2 is 2.14 bits per heavy atom. The Hall–Kier alpha value is -2.50. The van der Waals surface area contributed by atoms with Gasteiger partial charge in [0.25, 0.3) is 0 Å². The van der Waals surface area contributed by atoms with Crippen molar-refractivity contribution in [2.75, 3.05) is 5.73 Å². The molecule has 1 aromatic heterocycles. The fourth-order valence-corrected chi connectivity index (χ4v) is 2.06. The molecule has 112 valence electrons. The number of hydrogen-bond donors (Lipinski definition) is 2. The Balaban J connectivity index is 2.21. The highest BCUT2D eigenvalue weighted by Gasteiger charge is 2.13. The Labute approximate surface area is 123 Å². The van der Waals surface area contributed by atoms with Crippen molar-refractivity contribution >= 4 is 11.7 Å². The van der Waals surface area contributed by atoms with Crippen LogP contribution in [-0.4, -0.2) is 20.9 Å². The molecule has 0 aliphatic carbocycles. The van der Waals surface area contributed by atoms with E-state index in [0.29, 0.717) is 5.69 Å². The molecule has 0 radical (unpaired) electrons. The summed E-state index contributed by atoms with van der Waals surface area (Å²) < 4.78 is 7.50. The summed E-state index contributed by atoms with van der Waals surface area (Å²) in [5, 5.41) is 13.6. The molecule has 21 heavy (non-hydrogen) atoms. The maximum atomic E-state index is 11.2. The number of aromatic nitrogens is 2. The quantitative estimate of drug-likeness (QED) is 0.796. The fourth-order valence-electron chi connectivity index (χ4n) is 2.06. The summed E-state index contributed by atoms with van der Waals surface area (Å²) in [5.41, 5.74) is 8.15. The van der Waals surface area contributed by atoms with Crippen molar-refractivity contribution in [2.24, 2.45) is 0 Å². The molecule has 0 aliphatic heterocycles. The highest BCUT2D eigenvalue weighted by molar-refractivity contribution is 5.91. The lowest BCUT2D eigenvalue weighted by Gasteiger charge is -2.10. The molecule has 0 fully saturated rings. The smallest absolute Gasteiger partial charge is 0.339 e. The zero-order valence-electron chi connectivity index (χ0n) is 12.2. The van der Waals surface area contributed by atoms with Crippen molar-refractivity contribution in [3.05, 3.63) is 41.2 Å². The van der Waals surface area contributed by atoms with E-state index in [1.165, 1.54) is 12.1 Å². The van der Waals surface area contributed by atoms with Gasteiger partial charge in [-0.05, 0) is 31.5 Å². The largest absolute Gasteiger partial charge is 0.486 e. The zero-order chi connectivity index (χ0) is 15.4. The molecule has 1 aromatic carbocycles. The number of nitrogens with zero attached hydrogens (tertiary/aromatic N) is 2. The van der Waals surface area contributed by atoms with Crippen LogP contribution in [0.5, 0.6) is 5.75 Å². The lowest BCUT2D eigenvalue weighted by Crippen LogP contribution is -2.08. The van der Waals surface area contributed by atoms with Gasteiger partial charge in [0, 0.05) is 18.3 Å². The fraction of sp³-hybridized carbons (Fsp3) is 0.333. The first-order valence-electron chi connectivity index (χ1n) is 6.86. The van der Waals surface area contributed by atoms with Gasteiger partial charge in [0.05, 0.1) is 11.4 Å². The van der Waals surface area contributed by atoms with Crippen molar-refractivity contribution in [1.82, 2.24) is 9.78 Å². The molecule has 0 saturated carbocycles. The zero-order valence-corrected chi connectivity index (χ0v) is 12.2. The van der Waals surface area contributed by atoms with Crippen molar-refractivity contribution in [1.29, 1.82) is 0 Å². The van der Waals surface area contributed by atoms with Crippen LogP contribution < -0.4 is 10.5 Å². The van der Waals surface area contributed by atoms with Crippen molar-refractivity contribution in [3.8, 4) is 5.75 Å². The van der Waals surface area contributed by atoms with E-state index < -0.39 is 5.97 Å². The van der Waals surface area contributed by atoms with Crippen LogP contribution in [0, 0.1) is 0 Å². The second kappa shape index (κ2) is 6.30. The summed E-state index contributed by atoms with van der Waals surface area (Å²) in [5.74, 6) is -0.771. The SMILES string of the molecule is CCc1cc(COc2cc(N)ccc2C(=O)O)n(CC)n1. The van der Waals surface area contributed by atoms with Gasteiger partial charge in [-0.1, -0.05) is 6.92 Å². The molecule has 1 heterocycles. The standard InChI is InChI=1S/C15H19N3O3/c1-3-11-8-12(18(4-2)17-11)9-21-14-7-10(16)5-6-13(14)15(19)20/h5-8H,3-4,9,16H2,1-2H3,(H,19,20). The van der Waals surface area contributed by atoms with Crippen LogP contribution in [0.3, 0.4) is 0 Å². The first-order chi connectivity index (χ1) is 10.0. The van der Waals surface area contributed by atoms with Crippen molar-refractivity contribution in [3.63, 3.8) is 0 Å². The highest BCUT2D eigenvalue weighted by atomic mass is 16.5. The van der Waals surface area contributed by atoms with E-state index in [4.69, 9.17) is 15.6 Å². The first kappa shape index (κ1) is 14.9. The summed E-state index contributed by atoms with van der Waals surface area (Å²) in [6.07, 6.45) is 0.846. The topological polar surface area (TPSA) is 90.4 Å². The van der Waals surface area contributed by atoms with Gasteiger partial charge in [-0.15, -0.1) is 0 Å². The summed E-state index contributed by atoms with van der Waals surface area (Å²) >= 11 is 0.